The van der Waals surface area contributed by atoms with Gasteiger partial charge in [0.1, 0.15) is 5.82 Å². The molecule has 0 atom stereocenters. The van der Waals surface area contributed by atoms with Crippen molar-refractivity contribution in [1.82, 2.24) is 13.9 Å². The maximum Gasteiger partial charge on any atom is 0.279 e. The lowest BCUT2D eigenvalue weighted by Crippen LogP contribution is -2.46. The van der Waals surface area contributed by atoms with Crippen molar-refractivity contribution >= 4 is 10.2 Å². The summed E-state index contributed by atoms with van der Waals surface area (Å²) in [4.78, 5) is 2.26. The Bertz CT molecular complexity index is 720. The molecule has 0 aromatic heterocycles. The maximum absolute atomic E-state index is 12.9. The number of benzene rings is 1. The number of nitrogens with zero attached hydrogens (tertiary/aromatic N) is 2. The van der Waals surface area contributed by atoms with Gasteiger partial charge in [0, 0.05) is 32.8 Å². The number of unbranched alkanes of at least 4 members (excludes halogenated alkanes) is 3. The predicted octanol–water partition coefficient (Wildman–Crippen LogP) is 3.32. The molecule has 1 fully saturated rings. The Kier molecular flexibility index (Phi) is 11.0. The summed E-state index contributed by atoms with van der Waals surface area (Å²) in [5.41, 5.74) is 0.727. The molecule has 0 spiro atoms. The van der Waals surface area contributed by atoms with Crippen LogP contribution in [0.5, 0.6) is 0 Å². The lowest BCUT2D eigenvalue weighted by atomic mass is 10.1. The van der Waals surface area contributed by atoms with Gasteiger partial charge in [-0.3, -0.25) is 0 Å². The highest BCUT2D eigenvalue weighted by Gasteiger charge is 2.28. The minimum absolute atomic E-state index is 0.132. The van der Waals surface area contributed by atoms with Crippen LogP contribution < -0.4 is 4.72 Å². The van der Waals surface area contributed by atoms with E-state index >= 15 is 0 Å². The van der Waals surface area contributed by atoms with Crippen molar-refractivity contribution in [2.45, 2.75) is 51.2 Å². The molecule has 0 aliphatic carbocycles. The number of piperidine rings is 1. The van der Waals surface area contributed by atoms with Gasteiger partial charge in [0.25, 0.3) is 10.2 Å². The van der Waals surface area contributed by atoms with Gasteiger partial charge in [0.2, 0.25) is 0 Å². The summed E-state index contributed by atoms with van der Waals surface area (Å²) in [6, 6.07) is 5.82. The van der Waals surface area contributed by atoms with Crippen LogP contribution in [0.15, 0.2) is 36.9 Å². The van der Waals surface area contributed by atoms with Crippen molar-refractivity contribution < 1.29 is 17.5 Å². The molecule has 1 aromatic carbocycles. The first kappa shape index (κ1) is 24.9. The summed E-state index contributed by atoms with van der Waals surface area (Å²) in [7, 11) is -1.43. The second-order valence-corrected chi connectivity index (χ2v) is 9.64. The topological polar surface area (TPSA) is 61.9 Å². The van der Waals surface area contributed by atoms with Crippen LogP contribution in [0.2, 0.25) is 0 Å². The predicted molar refractivity (Wildman–Crippen MR) is 119 cm³/mol. The molecular formula is C22H36FN3O3S. The third-order valence-electron chi connectivity index (χ3n) is 5.34. The monoisotopic (exact) mass is 441 g/mol. The molecule has 0 unspecified atom stereocenters. The van der Waals surface area contributed by atoms with Crippen molar-refractivity contribution in [1.29, 1.82) is 0 Å². The number of rotatable bonds is 14. The third-order valence-corrected chi connectivity index (χ3v) is 6.90. The molecule has 1 N–H and O–H groups in total. The average Bonchev–Trinajstić information content (AvgIpc) is 2.73. The second kappa shape index (κ2) is 13.2. The number of halogens is 1. The Hall–Kier alpha value is -1.32. The fourth-order valence-electron chi connectivity index (χ4n) is 3.51. The van der Waals surface area contributed by atoms with Crippen molar-refractivity contribution in [3.63, 3.8) is 0 Å². The number of hydrogen-bond donors (Lipinski definition) is 1. The van der Waals surface area contributed by atoms with Crippen LogP contribution in [-0.4, -0.2) is 63.6 Å². The van der Waals surface area contributed by atoms with Gasteiger partial charge in [0.15, 0.2) is 0 Å². The highest BCUT2D eigenvalue weighted by atomic mass is 32.2. The summed E-state index contributed by atoms with van der Waals surface area (Å²) in [5.74, 6) is -0.334. The zero-order valence-corrected chi connectivity index (χ0v) is 18.9. The normalized spacial score (nSPS) is 16.2. The van der Waals surface area contributed by atoms with E-state index in [2.05, 4.69) is 23.2 Å². The van der Waals surface area contributed by atoms with Gasteiger partial charge in [0.05, 0.1) is 6.10 Å². The van der Waals surface area contributed by atoms with Gasteiger partial charge in [-0.1, -0.05) is 31.1 Å². The first-order valence-electron chi connectivity index (χ1n) is 10.8. The molecule has 1 aliphatic rings. The molecule has 2 rings (SSSR count). The number of ether oxygens (including phenoxy) is 1. The molecule has 170 valence electrons. The molecule has 1 heterocycles. The molecule has 0 amide bonds. The van der Waals surface area contributed by atoms with Crippen molar-refractivity contribution in [3.05, 3.63) is 48.3 Å². The molecule has 8 heteroatoms. The lowest BCUT2D eigenvalue weighted by molar-refractivity contribution is 0.0190. The lowest BCUT2D eigenvalue weighted by Gasteiger charge is -2.31. The smallest absolute Gasteiger partial charge is 0.279 e. The Morgan fingerprint density at radius 3 is 2.53 bits per heavy atom. The zero-order chi connectivity index (χ0) is 21.8. The van der Waals surface area contributed by atoms with Crippen LogP contribution in [0.1, 0.15) is 44.1 Å². The average molecular weight is 442 g/mol. The van der Waals surface area contributed by atoms with E-state index in [0.29, 0.717) is 25.9 Å². The Morgan fingerprint density at radius 1 is 1.20 bits per heavy atom. The second-order valence-electron chi connectivity index (χ2n) is 7.89. The van der Waals surface area contributed by atoms with Crippen LogP contribution in [0.3, 0.4) is 0 Å². The molecule has 1 aromatic rings. The molecule has 0 bridgehead atoms. The van der Waals surface area contributed by atoms with E-state index in [9.17, 15) is 12.8 Å². The minimum Gasteiger partial charge on any atom is -0.378 e. The van der Waals surface area contributed by atoms with Gasteiger partial charge in [-0.15, -0.1) is 6.58 Å². The molecule has 6 nitrogen and oxygen atoms in total. The first-order valence-corrected chi connectivity index (χ1v) is 12.2. The minimum atomic E-state index is -3.54. The van der Waals surface area contributed by atoms with Crippen LogP contribution in [0.4, 0.5) is 4.39 Å². The summed E-state index contributed by atoms with van der Waals surface area (Å²) in [5, 5.41) is 0. The van der Waals surface area contributed by atoms with E-state index in [1.165, 1.54) is 29.3 Å². The Labute approximate surface area is 181 Å². The van der Waals surface area contributed by atoms with Gasteiger partial charge >= 0.3 is 0 Å². The van der Waals surface area contributed by atoms with Crippen molar-refractivity contribution in [2.24, 2.45) is 0 Å². The van der Waals surface area contributed by atoms with Crippen molar-refractivity contribution in [2.75, 3.05) is 39.8 Å². The summed E-state index contributed by atoms with van der Waals surface area (Å²) in [6.45, 7) is 7.58. The van der Waals surface area contributed by atoms with Gasteiger partial charge < -0.3 is 9.64 Å². The number of likely N-dealkylation sites (N-methyl/N-ethyl adjacent to an activating group) is 1. The van der Waals surface area contributed by atoms with E-state index in [1.54, 1.807) is 12.1 Å². The summed E-state index contributed by atoms with van der Waals surface area (Å²) in [6.07, 6.45) is 8.06. The van der Waals surface area contributed by atoms with E-state index < -0.39 is 10.2 Å². The number of nitrogens with one attached hydrogen (secondary N) is 1. The van der Waals surface area contributed by atoms with E-state index in [-0.39, 0.29) is 18.5 Å². The SMILES string of the molecule is C=CCN(C)CCCCCCOC1CCN(S(=O)(=O)NCc2ccc(F)cc2)CC1. The molecule has 1 aliphatic heterocycles. The van der Waals surface area contributed by atoms with Crippen LogP contribution in [0, 0.1) is 5.82 Å². The Morgan fingerprint density at radius 2 is 1.87 bits per heavy atom. The molecule has 0 radical (unpaired) electrons. The summed E-state index contributed by atoms with van der Waals surface area (Å²) < 4.78 is 47.9. The Balaban J connectivity index is 1.56. The molecule has 1 saturated heterocycles. The molecule has 30 heavy (non-hydrogen) atoms. The van der Waals surface area contributed by atoms with E-state index in [0.717, 1.165) is 38.1 Å². The van der Waals surface area contributed by atoms with E-state index in [4.69, 9.17) is 4.74 Å². The first-order chi connectivity index (χ1) is 14.4. The van der Waals surface area contributed by atoms with Crippen LogP contribution >= 0.6 is 0 Å². The van der Waals surface area contributed by atoms with E-state index in [1.807, 2.05) is 6.08 Å². The fourth-order valence-corrected chi connectivity index (χ4v) is 4.73. The largest absolute Gasteiger partial charge is 0.378 e. The highest BCUT2D eigenvalue weighted by Crippen LogP contribution is 2.17. The van der Waals surface area contributed by atoms with Gasteiger partial charge in [-0.25, -0.2) is 4.39 Å². The van der Waals surface area contributed by atoms with Gasteiger partial charge in [-0.05, 0) is 57.0 Å². The fraction of sp³-hybridized carbons (Fsp3) is 0.636. The van der Waals surface area contributed by atoms with Gasteiger partial charge in [-0.2, -0.15) is 17.4 Å². The maximum atomic E-state index is 12.9. The summed E-state index contributed by atoms with van der Waals surface area (Å²) >= 11 is 0. The highest BCUT2D eigenvalue weighted by molar-refractivity contribution is 7.87. The van der Waals surface area contributed by atoms with Crippen LogP contribution in [-0.2, 0) is 21.5 Å². The quantitative estimate of drug-likeness (QED) is 0.355. The van der Waals surface area contributed by atoms with Crippen LogP contribution in [0.25, 0.3) is 0 Å². The standard InChI is InChI=1S/C22H36FN3O3S/c1-3-14-25(2)15-6-4-5-7-18-29-22-12-16-26(17-13-22)30(27,28)24-19-20-8-10-21(23)11-9-20/h3,8-11,22,24H,1,4-7,12-19H2,2H3. The zero-order valence-electron chi connectivity index (χ0n) is 18.1. The number of hydrogen-bond acceptors (Lipinski definition) is 4. The molecule has 0 saturated carbocycles. The molecular weight excluding hydrogens is 405 g/mol. The third kappa shape index (κ3) is 9.22. The van der Waals surface area contributed by atoms with Crippen molar-refractivity contribution in [3.8, 4) is 0 Å².